The van der Waals surface area contributed by atoms with E-state index in [-0.39, 0.29) is 17.9 Å². The predicted octanol–water partition coefficient (Wildman–Crippen LogP) is 2.27. The highest BCUT2D eigenvalue weighted by molar-refractivity contribution is 9.10. The molecule has 0 bridgehead atoms. The fourth-order valence-electron chi connectivity index (χ4n) is 1.65. The Balaban J connectivity index is 2.09. The molecule has 0 spiro atoms. The molecule has 0 aliphatic rings. The third kappa shape index (κ3) is 3.89. The molecular formula is C14H17BrN4O2. The van der Waals surface area contributed by atoms with Gasteiger partial charge in [0.1, 0.15) is 6.04 Å². The van der Waals surface area contributed by atoms with E-state index >= 15 is 0 Å². The predicted molar refractivity (Wildman–Crippen MR) is 82.2 cm³/mol. The highest BCUT2D eigenvalue weighted by Crippen LogP contribution is 2.21. The maximum absolute atomic E-state index is 11.8. The molecule has 1 aromatic carbocycles. The Morgan fingerprint density at radius 3 is 2.67 bits per heavy atom. The molecule has 0 saturated heterocycles. The maximum atomic E-state index is 11.8. The lowest BCUT2D eigenvalue weighted by Crippen LogP contribution is -2.35. The van der Waals surface area contributed by atoms with Gasteiger partial charge < -0.3 is 15.6 Å². The number of amides is 1. The first-order valence-electron chi connectivity index (χ1n) is 6.61. The van der Waals surface area contributed by atoms with Gasteiger partial charge in [0.2, 0.25) is 17.6 Å². The van der Waals surface area contributed by atoms with Gasteiger partial charge in [0.15, 0.2) is 0 Å². The summed E-state index contributed by atoms with van der Waals surface area (Å²) >= 11 is 3.37. The lowest BCUT2D eigenvalue weighted by Gasteiger charge is -2.13. The van der Waals surface area contributed by atoms with Crippen molar-refractivity contribution in [1.82, 2.24) is 15.5 Å². The second kappa shape index (κ2) is 6.82. The molecule has 2 rings (SSSR count). The number of nitrogens with two attached hydrogens (primary N) is 1. The largest absolute Gasteiger partial charge is 0.344 e. The Morgan fingerprint density at radius 2 is 2.05 bits per heavy atom. The molecule has 0 fully saturated rings. The molecule has 0 saturated carbocycles. The first kappa shape index (κ1) is 15.7. The van der Waals surface area contributed by atoms with Crippen LogP contribution in [0.3, 0.4) is 0 Å². The third-order valence-electron chi connectivity index (χ3n) is 3.07. The fraction of sp³-hybridized carbons (Fsp3) is 0.357. The molecule has 0 aliphatic carbocycles. The van der Waals surface area contributed by atoms with Crippen molar-refractivity contribution >= 4 is 21.8 Å². The smallest absolute Gasteiger partial charge is 0.249 e. The van der Waals surface area contributed by atoms with E-state index in [9.17, 15) is 4.79 Å². The quantitative estimate of drug-likeness (QED) is 0.860. The van der Waals surface area contributed by atoms with E-state index in [2.05, 4.69) is 31.4 Å². The summed E-state index contributed by atoms with van der Waals surface area (Å²) in [6.07, 6.45) is 0. The van der Waals surface area contributed by atoms with Gasteiger partial charge in [-0.3, -0.25) is 4.79 Å². The highest BCUT2D eigenvalue weighted by atomic mass is 79.9. The minimum atomic E-state index is -0.358. The average Bonchev–Trinajstić information content (AvgIpc) is 2.97. The normalized spacial score (nSPS) is 13.7. The maximum Gasteiger partial charge on any atom is 0.249 e. The van der Waals surface area contributed by atoms with Crippen molar-refractivity contribution in [3.63, 3.8) is 0 Å². The summed E-state index contributed by atoms with van der Waals surface area (Å²) in [7, 11) is 0. The summed E-state index contributed by atoms with van der Waals surface area (Å²) in [6, 6.07) is 7.22. The van der Waals surface area contributed by atoms with Crippen LogP contribution in [-0.2, 0) is 4.79 Å². The van der Waals surface area contributed by atoms with Gasteiger partial charge in [-0.15, -0.1) is 0 Å². The summed E-state index contributed by atoms with van der Waals surface area (Å²) in [5.41, 5.74) is 6.31. The van der Waals surface area contributed by atoms with E-state index in [0.29, 0.717) is 18.3 Å². The zero-order valence-corrected chi connectivity index (χ0v) is 13.4. The van der Waals surface area contributed by atoms with Crippen LogP contribution in [0, 0.1) is 5.92 Å². The van der Waals surface area contributed by atoms with Crippen molar-refractivity contribution in [2.45, 2.75) is 19.9 Å². The van der Waals surface area contributed by atoms with Crippen LogP contribution in [0.2, 0.25) is 0 Å². The SMILES string of the molecule is CC(CN)C(=O)NC(C)c1nc(-c2ccc(Br)cc2)no1. The molecule has 1 amide bonds. The second-order valence-corrected chi connectivity index (χ2v) is 5.75. The van der Waals surface area contributed by atoms with Crippen LogP contribution >= 0.6 is 15.9 Å². The molecule has 7 heteroatoms. The van der Waals surface area contributed by atoms with Gasteiger partial charge in [-0.25, -0.2) is 0 Å². The standard InChI is InChI=1S/C14H17BrN4O2/c1-8(7-16)13(20)17-9(2)14-18-12(19-21-14)10-3-5-11(15)6-4-10/h3-6,8-9H,7,16H2,1-2H3,(H,17,20). The van der Waals surface area contributed by atoms with Gasteiger partial charge >= 0.3 is 0 Å². The van der Waals surface area contributed by atoms with Crippen LogP contribution in [0.1, 0.15) is 25.8 Å². The highest BCUT2D eigenvalue weighted by Gasteiger charge is 2.19. The van der Waals surface area contributed by atoms with Crippen LogP contribution in [0.15, 0.2) is 33.3 Å². The lowest BCUT2D eigenvalue weighted by atomic mass is 10.1. The first-order valence-corrected chi connectivity index (χ1v) is 7.40. The molecule has 3 N–H and O–H groups in total. The Bertz CT molecular complexity index is 612. The van der Waals surface area contributed by atoms with E-state index in [1.807, 2.05) is 24.3 Å². The number of benzene rings is 1. The monoisotopic (exact) mass is 352 g/mol. The van der Waals surface area contributed by atoms with Gasteiger partial charge in [-0.2, -0.15) is 4.98 Å². The molecule has 2 unspecified atom stereocenters. The molecule has 0 radical (unpaired) electrons. The molecule has 1 aromatic heterocycles. The van der Waals surface area contributed by atoms with Crippen LogP contribution in [0.4, 0.5) is 0 Å². The van der Waals surface area contributed by atoms with Gasteiger partial charge in [-0.05, 0) is 31.2 Å². The molecule has 2 atom stereocenters. The summed E-state index contributed by atoms with van der Waals surface area (Å²) in [4.78, 5) is 16.1. The first-order chi connectivity index (χ1) is 10.0. The van der Waals surface area contributed by atoms with Crippen molar-refractivity contribution in [1.29, 1.82) is 0 Å². The Morgan fingerprint density at radius 1 is 1.38 bits per heavy atom. The van der Waals surface area contributed by atoms with Gasteiger partial charge in [0.25, 0.3) is 0 Å². The Kier molecular flexibility index (Phi) is 5.08. The van der Waals surface area contributed by atoms with Crippen LogP contribution in [-0.4, -0.2) is 22.6 Å². The number of carbonyl (C=O) groups excluding carboxylic acids is 1. The topological polar surface area (TPSA) is 94.0 Å². The summed E-state index contributed by atoms with van der Waals surface area (Å²) in [5, 5.41) is 6.73. The molecule has 21 heavy (non-hydrogen) atoms. The van der Waals surface area contributed by atoms with E-state index in [1.54, 1.807) is 13.8 Å². The minimum Gasteiger partial charge on any atom is -0.344 e. The number of carbonyl (C=O) groups is 1. The zero-order chi connectivity index (χ0) is 15.4. The van der Waals surface area contributed by atoms with Crippen molar-refractivity contribution in [3.8, 4) is 11.4 Å². The van der Waals surface area contributed by atoms with Crippen molar-refractivity contribution in [2.75, 3.05) is 6.54 Å². The number of nitrogens with zero attached hydrogens (tertiary/aromatic N) is 2. The summed E-state index contributed by atoms with van der Waals surface area (Å²) < 4.78 is 6.18. The number of rotatable bonds is 5. The van der Waals surface area contributed by atoms with Crippen LogP contribution in [0.5, 0.6) is 0 Å². The van der Waals surface area contributed by atoms with Crippen molar-refractivity contribution in [2.24, 2.45) is 11.7 Å². The summed E-state index contributed by atoms with van der Waals surface area (Å²) in [6.45, 7) is 3.86. The van der Waals surface area contributed by atoms with Crippen LogP contribution < -0.4 is 11.1 Å². The van der Waals surface area contributed by atoms with Crippen molar-refractivity contribution in [3.05, 3.63) is 34.6 Å². The molecule has 0 aliphatic heterocycles. The summed E-state index contributed by atoms with van der Waals surface area (Å²) in [5.74, 6) is 0.477. The number of hydrogen-bond acceptors (Lipinski definition) is 5. The van der Waals surface area contributed by atoms with E-state index in [1.165, 1.54) is 0 Å². The Hall–Kier alpha value is -1.73. The van der Waals surface area contributed by atoms with E-state index < -0.39 is 0 Å². The molecular weight excluding hydrogens is 336 g/mol. The number of halogens is 1. The van der Waals surface area contributed by atoms with Gasteiger partial charge in [0, 0.05) is 22.5 Å². The third-order valence-corrected chi connectivity index (χ3v) is 3.60. The zero-order valence-electron chi connectivity index (χ0n) is 11.8. The molecule has 6 nitrogen and oxygen atoms in total. The number of hydrogen-bond donors (Lipinski definition) is 2. The van der Waals surface area contributed by atoms with E-state index in [0.717, 1.165) is 10.0 Å². The molecule has 2 aromatic rings. The van der Waals surface area contributed by atoms with Crippen molar-refractivity contribution < 1.29 is 9.32 Å². The molecule has 1 heterocycles. The number of nitrogens with one attached hydrogen (secondary N) is 1. The van der Waals surface area contributed by atoms with E-state index in [4.69, 9.17) is 10.3 Å². The molecule has 112 valence electrons. The minimum absolute atomic E-state index is 0.131. The van der Waals surface area contributed by atoms with Crippen LogP contribution in [0.25, 0.3) is 11.4 Å². The average molecular weight is 353 g/mol. The Labute approximate surface area is 131 Å². The van der Waals surface area contributed by atoms with Gasteiger partial charge in [-0.1, -0.05) is 28.0 Å². The lowest BCUT2D eigenvalue weighted by molar-refractivity contribution is -0.125. The second-order valence-electron chi connectivity index (χ2n) is 4.83. The fourth-order valence-corrected chi connectivity index (χ4v) is 1.92. The number of aromatic nitrogens is 2. The van der Waals surface area contributed by atoms with Gasteiger partial charge in [0.05, 0.1) is 0 Å².